The molecule has 0 radical (unpaired) electrons. The summed E-state index contributed by atoms with van der Waals surface area (Å²) < 4.78 is 4.78. The van der Waals surface area contributed by atoms with Gasteiger partial charge in [-0.3, -0.25) is 4.79 Å². The van der Waals surface area contributed by atoms with Crippen molar-refractivity contribution in [3.63, 3.8) is 0 Å². The molecule has 1 aromatic heterocycles. The minimum Gasteiger partial charge on any atom is -0.465 e. The molecule has 0 saturated carbocycles. The zero-order valence-electron chi connectivity index (χ0n) is 8.42. The van der Waals surface area contributed by atoms with Gasteiger partial charge in [-0.15, -0.1) is 12.4 Å². The van der Waals surface area contributed by atoms with Gasteiger partial charge in [-0.1, -0.05) is 0 Å². The molecular weight excluding hydrogens is 218 g/mol. The fourth-order valence-electron chi connectivity index (χ4n) is 1.03. The molecule has 0 bridgehead atoms. The molecule has 0 aliphatic carbocycles. The van der Waals surface area contributed by atoms with Crippen molar-refractivity contribution >= 4 is 18.4 Å². The molecule has 0 aliphatic heterocycles. The molecule has 1 rings (SSSR count). The van der Waals surface area contributed by atoms with Crippen LogP contribution in [-0.2, 0) is 16.0 Å². The largest absolute Gasteiger partial charge is 0.465 e. The Labute approximate surface area is 94.4 Å². The normalized spacial score (nSPS) is 11.3. The van der Waals surface area contributed by atoms with Crippen LogP contribution in [0.3, 0.4) is 0 Å². The summed E-state index contributed by atoms with van der Waals surface area (Å²) in [5.41, 5.74) is 6.49. The first-order valence-corrected chi connectivity index (χ1v) is 4.41. The maximum absolute atomic E-state index is 11.2. The van der Waals surface area contributed by atoms with Crippen LogP contribution < -0.4 is 5.73 Å². The molecule has 15 heavy (non-hydrogen) atoms. The van der Waals surface area contributed by atoms with E-state index < -0.39 is 6.04 Å². The number of ether oxygens (including phenoxy) is 1. The van der Waals surface area contributed by atoms with Crippen LogP contribution in [0.15, 0.2) is 18.5 Å². The van der Waals surface area contributed by atoms with Crippen LogP contribution in [0, 0.1) is 0 Å². The van der Waals surface area contributed by atoms with Gasteiger partial charge in [0.2, 0.25) is 0 Å². The molecule has 6 heteroatoms. The van der Waals surface area contributed by atoms with E-state index in [9.17, 15) is 4.79 Å². The Bertz CT molecular complexity index is 295. The standard InChI is InChI=1S/C9H13N3O2.ClH/c1-2-14-9(13)8(10)5-7-3-4-11-12-6-7;/h3-4,6,8H,2,5,10H2,1H3;1H. The summed E-state index contributed by atoms with van der Waals surface area (Å²) in [6.07, 6.45) is 3.57. The van der Waals surface area contributed by atoms with E-state index in [1.54, 1.807) is 25.4 Å². The summed E-state index contributed by atoms with van der Waals surface area (Å²) in [6.45, 7) is 2.10. The van der Waals surface area contributed by atoms with Gasteiger partial charge in [-0.25, -0.2) is 0 Å². The van der Waals surface area contributed by atoms with Crippen LogP contribution in [0.4, 0.5) is 0 Å². The summed E-state index contributed by atoms with van der Waals surface area (Å²) in [4.78, 5) is 11.2. The van der Waals surface area contributed by atoms with E-state index in [2.05, 4.69) is 10.2 Å². The summed E-state index contributed by atoms with van der Waals surface area (Å²) >= 11 is 0. The van der Waals surface area contributed by atoms with Crippen molar-refractivity contribution in [2.45, 2.75) is 19.4 Å². The second-order valence-corrected chi connectivity index (χ2v) is 2.81. The number of nitrogens with zero attached hydrogens (tertiary/aromatic N) is 2. The highest BCUT2D eigenvalue weighted by molar-refractivity contribution is 5.85. The first-order valence-electron chi connectivity index (χ1n) is 4.41. The average molecular weight is 232 g/mol. The molecule has 1 heterocycles. The molecule has 0 amide bonds. The van der Waals surface area contributed by atoms with Crippen molar-refractivity contribution in [2.24, 2.45) is 5.73 Å². The predicted octanol–water partition coefficient (Wildman–Crippen LogP) is 0.331. The van der Waals surface area contributed by atoms with E-state index in [0.29, 0.717) is 13.0 Å². The van der Waals surface area contributed by atoms with Gasteiger partial charge in [0.15, 0.2) is 0 Å². The third-order valence-corrected chi connectivity index (χ3v) is 1.69. The van der Waals surface area contributed by atoms with E-state index in [0.717, 1.165) is 5.56 Å². The number of nitrogens with two attached hydrogens (primary N) is 1. The molecule has 0 spiro atoms. The van der Waals surface area contributed by atoms with Gasteiger partial charge in [-0.05, 0) is 25.0 Å². The molecule has 84 valence electrons. The van der Waals surface area contributed by atoms with E-state index in [-0.39, 0.29) is 18.4 Å². The number of carbonyl (C=O) groups excluding carboxylic acids is 1. The molecule has 0 saturated heterocycles. The van der Waals surface area contributed by atoms with Gasteiger partial charge in [0.05, 0.1) is 12.8 Å². The average Bonchev–Trinajstić information content (AvgIpc) is 2.19. The smallest absolute Gasteiger partial charge is 0.323 e. The minimum absolute atomic E-state index is 0. The van der Waals surface area contributed by atoms with Crippen LogP contribution in [-0.4, -0.2) is 28.8 Å². The minimum atomic E-state index is -0.626. The highest BCUT2D eigenvalue weighted by Gasteiger charge is 2.14. The lowest BCUT2D eigenvalue weighted by molar-refractivity contribution is -0.144. The van der Waals surface area contributed by atoms with Gasteiger partial charge >= 0.3 is 5.97 Å². The van der Waals surface area contributed by atoms with Gasteiger partial charge in [0.25, 0.3) is 0 Å². The summed E-state index contributed by atoms with van der Waals surface area (Å²) in [5.74, 6) is -0.385. The third kappa shape index (κ3) is 4.71. The predicted molar refractivity (Wildman–Crippen MR) is 57.6 cm³/mol. The number of esters is 1. The maximum atomic E-state index is 11.2. The van der Waals surface area contributed by atoms with Crippen LogP contribution in [0.1, 0.15) is 12.5 Å². The topological polar surface area (TPSA) is 78.1 Å². The van der Waals surface area contributed by atoms with Gasteiger partial charge in [0, 0.05) is 6.20 Å². The van der Waals surface area contributed by atoms with Crippen LogP contribution in [0.25, 0.3) is 0 Å². The number of hydrogen-bond donors (Lipinski definition) is 1. The van der Waals surface area contributed by atoms with Crippen molar-refractivity contribution in [3.8, 4) is 0 Å². The van der Waals surface area contributed by atoms with Gasteiger partial charge < -0.3 is 10.5 Å². The Morgan fingerprint density at radius 2 is 2.33 bits per heavy atom. The monoisotopic (exact) mass is 231 g/mol. The number of rotatable bonds is 4. The molecule has 5 nitrogen and oxygen atoms in total. The van der Waals surface area contributed by atoms with Gasteiger partial charge in [-0.2, -0.15) is 10.2 Å². The molecule has 1 atom stereocenters. The van der Waals surface area contributed by atoms with E-state index in [4.69, 9.17) is 10.5 Å². The summed E-state index contributed by atoms with van der Waals surface area (Å²) in [5, 5.41) is 7.31. The second-order valence-electron chi connectivity index (χ2n) is 2.81. The van der Waals surface area contributed by atoms with E-state index >= 15 is 0 Å². The van der Waals surface area contributed by atoms with Crippen molar-refractivity contribution < 1.29 is 9.53 Å². The summed E-state index contributed by atoms with van der Waals surface area (Å²) in [6, 6.07) is 1.14. The molecular formula is C9H14ClN3O2. The number of carbonyl (C=O) groups is 1. The number of aromatic nitrogens is 2. The second kappa shape index (κ2) is 7.14. The molecule has 0 aromatic carbocycles. The lowest BCUT2D eigenvalue weighted by atomic mass is 10.1. The Kier molecular flexibility index (Phi) is 6.57. The molecule has 1 aromatic rings. The van der Waals surface area contributed by atoms with Crippen LogP contribution in [0.5, 0.6) is 0 Å². The molecule has 0 fully saturated rings. The van der Waals surface area contributed by atoms with Crippen molar-refractivity contribution in [3.05, 3.63) is 24.0 Å². The molecule has 0 aliphatic rings. The fourth-order valence-corrected chi connectivity index (χ4v) is 1.03. The van der Waals surface area contributed by atoms with E-state index in [1.807, 2.05) is 0 Å². The Morgan fingerprint density at radius 3 is 2.87 bits per heavy atom. The zero-order chi connectivity index (χ0) is 10.4. The highest BCUT2D eigenvalue weighted by Crippen LogP contribution is 1.99. The first-order chi connectivity index (χ1) is 6.74. The van der Waals surface area contributed by atoms with Gasteiger partial charge in [0.1, 0.15) is 6.04 Å². The fraction of sp³-hybridized carbons (Fsp3) is 0.444. The summed E-state index contributed by atoms with van der Waals surface area (Å²) in [7, 11) is 0. The first kappa shape index (κ1) is 13.8. The highest BCUT2D eigenvalue weighted by atomic mass is 35.5. The van der Waals surface area contributed by atoms with Crippen LogP contribution in [0.2, 0.25) is 0 Å². The van der Waals surface area contributed by atoms with Crippen molar-refractivity contribution in [1.82, 2.24) is 10.2 Å². The molecule has 2 N–H and O–H groups in total. The lowest BCUT2D eigenvalue weighted by Crippen LogP contribution is -2.34. The van der Waals surface area contributed by atoms with Crippen LogP contribution >= 0.6 is 12.4 Å². The maximum Gasteiger partial charge on any atom is 0.323 e. The third-order valence-electron chi connectivity index (χ3n) is 1.69. The number of hydrogen-bond acceptors (Lipinski definition) is 5. The van der Waals surface area contributed by atoms with E-state index in [1.165, 1.54) is 0 Å². The Balaban J connectivity index is 0.00000196. The quantitative estimate of drug-likeness (QED) is 0.756. The SMILES string of the molecule is CCOC(=O)C(N)Cc1ccnnc1.Cl. The Morgan fingerprint density at radius 1 is 1.60 bits per heavy atom. The number of halogens is 1. The van der Waals surface area contributed by atoms with Crippen molar-refractivity contribution in [1.29, 1.82) is 0 Å². The Hall–Kier alpha value is -1.20. The lowest BCUT2D eigenvalue weighted by Gasteiger charge is -2.09. The molecule has 1 unspecified atom stereocenters. The van der Waals surface area contributed by atoms with Crippen molar-refractivity contribution in [2.75, 3.05) is 6.61 Å². The zero-order valence-corrected chi connectivity index (χ0v) is 9.24.